The number of aliphatic carboxylic acids is 3. The van der Waals surface area contributed by atoms with Crippen molar-refractivity contribution in [1.82, 2.24) is 24.9 Å². The molecule has 3 aromatic rings. The summed E-state index contributed by atoms with van der Waals surface area (Å²) in [5, 5.41) is 37.8. The summed E-state index contributed by atoms with van der Waals surface area (Å²) in [5.74, 6) is -5.09. The summed E-state index contributed by atoms with van der Waals surface area (Å²) in [6.45, 7) is 5.06. The van der Waals surface area contributed by atoms with Gasteiger partial charge in [-0.3, -0.25) is 19.2 Å². The summed E-state index contributed by atoms with van der Waals surface area (Å²) in [6.07, 6.45) is 1.21. The fourth-order valence-electron chi connectivity index (χ4n) is 7.17. The number of likely N-dealkylation sites (tertiary alicyclic amines) is 1. The minimum Gasteiger partial charge on any atom is -0.481 e. The van der Waals surface area contributed by atoms with Crippen LogP contribution in [0.5, 0.6) is 0 Å². The molecular weight excluding hydrogens is 805 g/mol. The highest BCUT2D eigenvalue weighted by Gasteiger charge is 2.41. The minimum absolute atomic E-state index is 0.0135. The van der Waals surface area contributed by atoms with E-state index < -0.39 is 36.4 Å². The Hall–Kier alpha value is -5.22. The van der Waals surface area contributed by atoms with Crippen LogP contribution in [0.1, 0.15) is 65.9 Å². The molecule has 0 radical (unpaired) electrons. The molecule has 4 amide bonds. The lowest BCUT2D eigenvalue weighted by Gasteiger charge is -2.43. The van der Waals surface area contributed by atoms with Gasteiger partial charge in [-0.2, -0.15) is 0 Å². The Morgan fingerprint density at radius 2 is 1.46 bits per heavy atom. The van der Waals surface area contributed by atoms with Gasteiger partial charge in [-0.25, -0.2) is 9.59 Å². The van der Waals surface area contributed by atoms with Crippen LogP contribution >= 0.6 is 23.2 Å². The van der Waals surface area contributed by atoms with Crippen molar-refractivity contribution in [3.63, 3.8) is 0 Å². The number of aliphatic hydroxyl groups is 1. The fourth-order valence-corrected chi connectivity index (χ4v) is 7.47. The van der Waals surface area contributed by atoms with Crippen LogP contribution in [0.4, 0.5) is 4.79 Å². The summed E-state index contributed by atoms with van der Waals surface area (Å²) in [4.78, 5) is 77.6. The molecule has 2 aliphatic heterocycles. The van der Waals surface area contributed by atoms with Gasteiger partial charge in [0.05, 0.1) is 22.9 Å². The van der Waals surface area contributed by atoms with Crippen LogP contribution in [-0.2, 0) is 25.7 Å². The molecule has 2 aliphatic rings. The van der Waals surface area contributed by atoms with E-state index in [0.29, 0.717) is 35.2 Å². The average Bonchev–Trinajstić information content (AvgIpc) is 3.20. The van der Waals surface area contributed by atoms with Crippen molar-refractivity contribution in [3.05, 3.63) is 106 Å². The zero-order valence-electron chi connectivity index (χ0n) is 32.8. The standard InChI is InChI=1S/C36H43Cl2N5O3.C6H8O7/c1-40(35(45)28-11-6-3-7-12-28)25-30(29-13-14-32(37)33(38)23-29)15-20-41-21-16-31(17-22-41)43-19-8-18-42(36(43)46)26-34(44)39-24-27-9-4-2-5-10-27;7-3(8)1-6(13,5(11)12)2-4(9)10/h2-7,9-14,23,30-31H,8,15-22,24-26H2,1H3,(H,39,44);13H,1-2H2,(H,7,8)(H,9,10)(H,11,12). The van der Waals surface area contributed by atoms with Crippen molar-refractivity contribution in [2.75, 3.05) is 52.9 Å². The van der Waals surface area contributed by atoms with Gasteiger partial charge >= 0.3 is 23.9 Å². The lowest BCUT2D eigenvalue weighted by molar-refractivity contribution is -0.170. The predicted molar refractivity (Wildman–Crippen MR) is 220 cm³/mol. The summed E-state index contributed by atoms with van der Waals surface area (Å²) in [6, 6.07) is 25.0. The lowest BCUT2D eigenvalue weighted by Crippen LogP contribution is -2.57. The normalized spacial score (nSPS) is 15.4. The van der Waals surface area contributed by atoms with E-state index in [4.69, 9.17) is 43.6 Å². The monoisotopic (exact) mass is 855 g/mol. The van der Waals surface area contributed by atoms with E-state index in [9.17, 15) is 28.8 Å². The minimum atomic E-state index is -2.74. The Morgan fingerprint density at radius 1 is 0.847 bits per heavy atom. The van der Waals surface area contributed by atoms with E-state index in [2.05, 4.69) is 10.2 Å². The number of carbonyl (C=O) groups excluding carboxylic acids is 3. The quantitative estimate of drug-likeness (QED) is 0.123. The fraction of sp³-hybridized carbons (Fsp3) is 0.429. The molecule has 0 spiro atoms. The number of nitrogens with zero attached hydrogens (tertiary/aromatic N) is 4. The third-order valence-electron chi connectivity index (χ3n) is 10.4. The number of carboxylic acid groups (broad SMARTS) is 3. The van der Waals surface area contributed by atoms with Crippen LogP contribution in [0, 0.1) is 0 Å². The van der Waals surface area contributed by atoms with Gasteiger partial charge in [0, 0.05) is 63.8 Å². The molecule has 0 saturated carbocycles. The molecule has 2 fully saturated rings. The highest BCUT2D eigenvalue weighted by Crippen LogP contribution is 2.30. The largest absolute Gasteiger partial charge is 0.481 e. The maximum Gasteiger partial charge on any atom is 0.336 e. The van der Waals surface area contributed by atoms with Gasteiger partial charge in [-0.15, -0.1) is 0 Å². The third-order valence-corrected chi connectivity index (χ3v) is 11.1. The number of carbonyl (C=O) groups is 6. The molecular formula is C42H51Cl2N5O10. The molecule has 59 heavy (non-hydrogen) atoms. The van der Waals surface area contributed by atoms with Crippen LogP contribution in [0.3, 0.4) is 0 Å². The van der Waals surface area contributed by atoms with Gasteiger partial charge in [-0.1, -0.05) is 77.8 Å². The van der Waals surface area contributed by atoms with Crippen LogP contribution in [0.25, 0.3) is 0 Å². The molecule has 0 bridgehead atoms. The molecule has 17 heteroatoms. The number of hydrogen-bond donors (Lipinski definition) is 5. The second kappa shape index (κ2) is 22.2. The summed E-state index contributed by atoms with van der Waals surface area (Å²) in [5.41, 5.74) is 0.0186. The Labute approximate surface area is 353 Å². The number of halogens is 2. The van der Waals surface area contributed by atoms with E-state index in [1.807, 2.05) is 90.8 Å². The highest BCUT2D eigenvalue weighted by atomic mass is 35.5. The van der Waals surface area contributed by atoms with Crippen molar-refractivity contribution in [1.29, 1.82) is 0 Å². The zero-order valence-corrected chi connectivity index (χ0v) is 34.4. The Bertz CT molecular complexity index is 1900. The van der Waals surface area contributed by atoms with Crippen LogP contribution in [0.2, 0.25) is 10.0 Å². The lowest BCUT2D eigenvalue weighted by atomic mass is 9.93. The highest BCUT2D eigenvalue weighted by molar-refractivity contribution is 6.42. The topological polar surface area (TPSA) is 208 Å². The van der Waals surface area contributed by atoms with Crippen molar-refractivity contribution in [2.45, 2.75) is 62.6 Å². The van der Waals surface area contributed by atoms with Gasteiger partial charge < -0.3 is 45.3 Å². The van der Waals surface area contributed by atoms with Gasteiger partial charge in [-0.05, 0) is 67.6 Å². The van der Waals surface area contributed by atoms with E-state index in [1.165, 1.54) is 0 Å². The second-order valence-electron chi connectivity index (χ2n) is 14.8. The number of amides is 4. The van der Waals surface area contributed by atoms with E-state index >= 15 is 0 Å². The summed E-state index contributed by atoms with van der Waals surface area (Å²) < 4.78 is 0. The Kier molecular flexibility index (Phi) is 17.5. The molecule has 1 atom stereocenters. The number of rotatable bonds is 17. The first kappa shape index (κ1) is 46.5. The molecule has 3 aromatic carbocycles. The Balaban J connectivity index is 0.000000509. The maximum absolute atomic E-state index is 13.4. The van der Waals surface area contributed by atoms with Crippen molar-refractivity contribution in [2.24, 2.45) is 0 Å². The molecule has 318 valence electrons. The molecule has 0 aliphatic carbocycles. The predicted octanol–water partition coefficient (Wildman–Crippen LogP) is 4.90. The van der Waals surface area contributed by atoms with Gasteiger partial charge in [0.1, 0.15) is 6.54 Å². The van der Waals surface area contributed by atoms with E-state index in [0.717, 1.165) is 63.0 Å². The number of nitrogens with one attached hydrogen (secondary N) is 1. The van der Waals surface area contributed by atoms with Crippen LogP contribution in [-0.4, -0.2) is 140 Å². The van der Waals surface area contributed by atoms with Crippen molar-refractivity contribution in [3.8, 4) is 0 Å². The van der Waals surface area contributed by atoms with Crippen molar-refractivity contribution >= 4 is 59.0 Å². The molecule has 15 nitrogen and oxygen atoms in total. The number of likely N-dealkylation sites (N-methyl/N-ethyl adjacent to an activating group) is 1. The van der Waals surface area contributed by atoms with E-state index in [1.54, 1.807) is 9.80 Å². The van der Waals surface area contributed by atoms with Crippen LogP contribution < -0.4 is 5.32 Å². The molecule has 5 N–H and O–H groups in total. The second-order valence-corrected chi connectivity index (χ2v) is 15.6. The number of urea groups is 1. The first-order chi connectivity index (χ1) is 28.1. The van der Waals surface area contributed by atoms with Crippen molar-refractivity contribution < 1.29 is 49.2 Å². The summed E-state index contributed by atoms with van der Waals surface area (Å²) in [7, 11) is 1.84. The number of piperidine rings is 1. The molecule has 2 heterocycles. The molecule has 1 unspecified atom stereocenters. The third kappa shape index (κ3) is 14.2. The maximum atomic E-state index is 13.4. The van der Waals surface area contributed by atoms with Crippen LogP contribution in [0.15, 0.2) is 78.9 Å². The SMILES string of the molecule is CN(CC(CCN1CCC(N2CCCN(CC(=O)NCc3ccccc3)C2=O)CC1)c1ccc(Cl)c(Cl)c1)C(=O)c1ccccc1.O=C(O)CC(O)(CC(=O)O)C(=O)O. The molecule has 5 rings (SSSR count). The van der Waals surface area contributed by atoms with E-state index in [-0.39, 0.29) is 36.3 Å². The number of benzene rings is 3. The smallest absolute Gasteiger partial charge is 0.336 e. The van der Waals surface area contributed by atoms with Gasteiger partial charge in [0.15, 0.2) is 5.60 Å². The summed E-state index contributed by atoms with van der Waals surface area (Å²) >= 11 is 12.6. The van der Waals surface area contributed by atoms with Gasteiger partial charge in [0.2, 0.25) is 5.91 Å². The first-order valence-electron chi connectivity index (χ1n) is 19.3. The number of hydrogen-bond acceptors (Lipinski definition) is 8. The Morgan fingerprint density at radius 3 is 2.03 bits per heavy atom. The zero-order chi connectivity index (χ0) is 43.1. The number of carboxylic acids is 3. The first-order valence-corrected chi connectivity index (χ1v) is 20.0. The van der Waals surface area contributed by atoms with Gasteiger partial charge in [0.25, 0.3) is 5.91 Å². The molecule has 0 aromatic heterocycles. The average molecular weight is 857 g/mol. The molecule has 2 saturated heterocycles.